The highest BCUT2D eigenvalue weighted by Crippen LogP contribution is 2.23. The molecule has 4 nitrogen and oxygen atoms in total. The molecule has 1 aliphatic carbocycles. The van der Waals surface area contributed by atoms with Crippen molar-refractivity contribution in [2.24, 2.45) is 16.8 Å². The predicted octanol–water partition coefficient (Wildman–Crippen LogP) is 0.992. The Bertz CT molecular complexity index is 196. The molecule has 82 valence electrons. The quantitative estimate of drug-likeness (QED) is 0.273. The first-order valence-corrected chi connectivity index (χ1v) is 5.48. The fourth-order valence-electron chi connectivity index (χ4n) is 1.42. The Morgan fingerprint density at radius 1 is 1.50 bits per heavy atom. The average Bonchev–Trinajstić information content (AvgIpc) is 2.95. The van der Waals surface area contributed by atoms with E-state index in [0.717, 1.165) is 12.4 Å². The smallest absolute Gasteiger partial charge is 0.206 e. The molecule has 0 bridgehead atoms. The van der Waals surface area contributed by atoms with Crippen LogP contribution in [0.4, 0.5) is 0 Å². The number of nitrogens with zero attached hydrogens (tertiary/aromatic N) is 1. The Hall–Kier alpha value is -0.770. The van der Waals surface area contributed by atoms with Gasteiger partial charge in [-0.05, 0) is 25.2 Å². The molecule has 0 aromatic heterocycles. The van der Waals surface area contributed by atoms with Crippen molar-refractivity contribution in [1.29, 1.82) is 0 Å². The van der Waals surface area contributed by atoms with Crippen molar-refractivity contribution in [3.05, 3.63) is 0 Å². The lowest BCUT2D eigenvalue weighted by Crippen LogP contribution is -2.48. The van der Waals surface area contributed by atoms with Crippen LogP contribution >= 0.6 is 0 Å². The maximum Gasteiger partial charge on any atom is 0.206 e. The summed E-state index contributed by atoms with van der Waals surface area (Å²) in [7, 11) is 0. The largest absolute Gasteiger partial charge is 0.352 e. The number of nitrogens with two attached hydrogens (primary N) is 1. The van der Waals surface area contributed by atoms with Crippen LogP contribution in [-0.4, -0.2) is 18.0 Å². The van der Waals surface area contributed by atoms with E-state index in [1.807, 2.05) is 0 Å². The summed E-state index contributed by atoms with van der Waals surface area (Å²) in [6, 6.07) is 0.946. The number of guanidine groups is 1. The summed E-state index contributed by atoms with van der Waals surface area (Å²) in [5, 5.41) is 3.34. The first-order chi connectivity index (χ1) is 6.67. The fraction of sp³-hybridized carbons (Fsp3) is 0.900. The number of hydrogen-bond donors (Lipinski definition) is 3. The van der Waals surface area contributed by atoms with E-state index in [1.165, 1.54) is 12.8 Å². The van der Waals surface area contributed by atoms with Crippen LogP contribution in [0.5, 0.6) is 0 Å². The Morgan fingerprint density at radius 2 is 2.14 bits per heavy atom. The highest BCUT2D eigenvalue weighted by molar-refractivity contribution is 5.79. The van der Waals surface area contributed by atoms with Gasteiger partial charge in [-0.2, -0.15) is 0 Å². The minimum Gasteiger partial charge on any atom is -0.352 e. The first-order valence-electron chi connectivity index (χ1n) is 5.48. The van der Waals surface area contributed by atoms with Crippen molar-refractivity contribution in [3.8, 4) is 0 Å². The van der Waals surface area contributed by atoms with Crippen LogP contribution in [0.25, 0.3) is 0 Å². The van der Waals surface area contributed by atoms with Gasteiger partial charge in [0.1, 0.15) is 0 Å². The van der Waals surface area contributed by atoms with Crippen molar-refractivity contribution in [2.45, 2.75) is 52.1 Å². The summed E-state index contributed by atoms with van der Waals surface area (Å²) in [6.07, 6.45) is 3.49. The zero-order valence-electron chi connectivity index (χ0n) is 9.38. The van der Waals surface area contributed by atoms with Gasteiger partial charge in [0, 0.05) is 6.04 Å². The second-order valence-electron chi connectivity index (χ2n) is 4.26. The predicted molar refractivity (Wildman–Crippen MR) is 59.8 cm³/mol. The van der Waals surface area contributed by atoms with Gasteiger partial charge in [0.2, 0.25) is 5.96 Å². The molecule has 1 unspecified atom stereocenters. The number of rotatable bonds is 4. The molecular formula is C10H22N4. The van der Waals surface area contributed by atoms with Gasteiger partial charge in [-0.25, -0.2) is 10.8 Å². The summed E-state index contributed by atoms with van der Waals surface area (Å²) < 4.78 is 0. The van der Waals surface area contributed by atoms with E-state index in [0.29, 0.717) is 18.0 Å². The van der Waals surface area contributed by atoms with E-state index in [2.05, 4.69) is 36.5 Å². The molecule has 0 spiro atoms. The normalized spacial score (nSPS) is 19.6. The summed E-state index contributed by atoms with van der Waals surface area (Å²) >= 11 is 0. The van der Waals surface area contributed by atoms with Crippen LogP contribution in [0.3, 0.4) is 0 Å². The molecule has 0 aliphatic heterocycles. The van der Waals surface area contributed by atoms with Gasteiger partial charge < -0.3 is 5.32 Å². The van der Waals surface area contributed by atoms with Crippen LogP contribution in [0, 0.1) is 5.92 Å². The third kappa shape index (κ3) is 3.54. The molecule has 1 aliphatic rings. The highest BCUT2D eigenvalue weighted by atomic mass is 15.3. The topological polar surface area (TPSA) is 62.4 Å². The zero-order chi connectivity index (χ0) is 10.6. The van der Waals surface area contributed by atoms with Crippen LogP contribution in [-0.2, 0) is 0 Å². The van der Waals surface area contributed by atoms with Gasteiger partial charge in [-0.3, -0.25) is 5.43 Å². The van der Waals surface area contributed by atoms with Crippen LogP contribution < -0.4 is 16.6 Å². The standard InChI is InChI=1S/C10H22N4/c1-4-9(7(2)3)13-10(14-11)12-8-5-6-8/h7-9H,4-6,11H2,1-3H3,(H2,12,13,14). The van der Waals surface area contributed by atoms with Gasteiger partial charge in [0.05, 0.1) is 6.04 Å². The lowest BCUT2D eigenvalue weighted by Gasteiger charge is -2.22. The zero-order valence-corrected chi connectivity index (χ0v) is 9.38. The van der Waals surface area contributed by atoms with E-state index in [-0.39, 0.29) is 0 Å². The summed E-state index contributed by atoms with van der Waals surface area (Å²) in [6.45, 7) is 6.57. The van der Waals surface area contributed by atoms with Crippen LogP contribution in [0.2, 0.25) is 0 Å². The Labute approximate surface area is 86.3 Å². The second-order valence-corrected chi connectivity index (χ2v) is 4.26. The lowest BCUT2D eigenvalue weighted by molar-refractivity contribution is 0.436. The number of nitrogens with one attached hydrogen (secondary N) is 2. The number of hydrogen-bond acceptors (Lipinski definition) is 2. The molecule has 0 aromatic rings. The summed E-state index contributed by atoms with van der Waals surface area (Å²) in [4.78, 5) is 4.45. The van der Waals surface area contributed by atoms with Gasteiger partial charge in [0.25, 0.3) is 0 Å². The minimum atomic E-state index is 0.448. The molecule has 0 saturated heterocycles. The summed E-state index contributed by atoms with van der Waals surface area (Å²) in [5.74, 6) is 6.75. The van der Waals surface area contributed by atoms with E-state index >= 15 is 0 Å². The SMILES string of the molecule is CCC(NC(=NC1CC1)NN)C(C)C. The van der Waals surface area contributed by atoms with Gasteiger partial charge in [0.15, 0.2) is 0 Å². The Balaban J connectivity index is 2.44. The van der Waals surface area contributed by atoms with Gasteiger partial charge >= 0.3 is 0 Å². The van der Waals surface area contributed by atoms with Crippen molar-refractivity contribution in [2.75, 3.05) is 0 Å². The van der Waals surface area contributed by atoms with Crippen LogP contribution in [0.1, 0.15) is 40.0 Å². The van der Waals surface area contributed by atoms with E-state index in [4.69, 9.17) is 5.84 Å². The molecule has 0 radical (unpaired) electrons. The van der Waals surface area contributed by atoms with Crippen molar-refractivity contribution in [3.63, 3.8) is 0 Å². The van der Waals surface area contributed by atoms with Gasteiger partial charge in [-0.1, -0.05) is 20.8 Å². The molecular weight excluding hydrogens is 176 g/mol. The maximum atomic E-state index is 5.41. The van der Waals surface area contributed by atoms with Crippen molar-refractivity contribution in [1.82, 2.24) is 10.7 Å². The van der Waals surface area contributed by atoms with Gasteiger partial charge in [-0.15, -0.1) is 0 Å². The molecule has 1 rings (SSSR count). The van der Waals surface area contributed by atoms with Crippen molar-refractivity contribution < 1.29 is 0 Å². The molecule has 1 fully saturated rings. The molecule has 1 atom stereocenters. The average molecular weight is 198 g/mol. The highest BCUT2D eigenvalue weighted by Gasteiger charge is 2.22. The molecule has 4 N–H and O–H groups in total. The third-order valence-electron chi connectivity index (χ3n) is 2.56. The molecule has 14 heavy (non-hydrogen) atoms. The molecule has 0 amide bonds. The molecule has 0 heterocycles. The van der Waals surface area contributed by atoms with E-state index < -0.39 is 0 Å². The minimum absolute atomic E-state index is 0.448. The third-order valence-corrected chi connectivity index (χ3v) is 2.56. The second kappa shape index (κ2) is 5.20. The molecule has 4 heteroatoms. The van der Waals surface area contributed by atoms with E-state index in [9.17, 15) is 0 Å². The van der Waals surface area contributed by atoms with Crippen molar-refractivity contribution >= 4 is 5.96 Å². The Morgan fingerprint density at radius 3 is 2.50 bits per heavy atom. The lowest BCUT2D eigenvalue weighted by atomic mass is 10.0. The fourth-order valence-corrected chi connectivity index (χ4v) is 1.42. The summed E-state index contributed by atoms with van der Waals surface area (Å²) in [5.41, 5.74) is 2.63. The monoisotopic (exact) mass is 198 g/mol. The van der Waals surface area contributed by atoms with E-state index in [1.54, 1.807) is 0 Å². The van der Waals surface area contributed by atoms with Crippen LogP contribution in [0.15, 0.2) is 4.99 Å². The number of aliphatic imine (C=N–C) groups is 1. The maximum absolute atomic E-state index is 5.41. The first kappa shape index (κ1) is 11.3. The molecule has 0 aromatic carbocycles. The number of hydrazine groups is 1. The molecule has 1 saturated carbocycles. The Kier molecular flexibility index (Phi) is 4.20.